The van der Waals surface area contributed by atoms with Crippen molar-refractivity contribution >= 4 is 23.0 Å². The Morgan fingerprint density at radius 2 is 2.31 bits per heavy atom. The van der Waals surface area contributed by atoms with E-state index in [1.807, 2.05) is 19.2 Å². The minimum absolute atomic E-state index is 0.175. The van der Waals surface area contributed by atoms with Crippen LogP contribution >= 0.6 is 11.3 Å². The maximum absolute atomic E-state index is 10.5. The normalized spacial score (nSPS) is 11.5. The number of carbonyl (C=O) groups is 1. The number of aromatic nitrogens is 1. The van der Waals surface area contributed by atoms with Gasteiger partial charge in [0.05, 0.1) is 16.4 Å². The molecule has 1 amide bonds. The Hall–Kier alpha value is -1.23. The van der Waals surface area contributed by atoms with Gasteiger partial charge in [0.25, 0.3) is 0 Å². The summed E-state index contributed by atoms with van der Waals surface area (Å²) < 4.78 is 0. The van der Waals surface area contributed by atoms with Crippen molar-refractivity contribution < 1.29 is 4.79 Å². The molecule has 0 aliphatic carbocycles. The zero-order valence-electron chi connectivity index (χ0n) is 7.79. The highest BCUT2D eigenvalue weighted by Crippen LogP contribution is 2.08. The highest BCUT2D eigenvalue weighted by molar-refractivity contribution is 7.09. The lowest BCUT2D eigenvalue weighted by Crippen LogP contribution is -2.15. The monoisotopic (exact) mass is 197 g/mol. The highest BCUT2D eigenvalue weighted by Gasteiger charge is 2.01. The maximum Gasteiger partial charge on any atom is 0.236 e. The number of rotatable bonds is 2. The standard InChI is InChI=1S/C8H11N3OS/c1-5(10-11-6(2)12)8-4-13-7(3)9-8/h4H,1-3H3,(H,11,12)/b10-5+. The number of hydrazone groups is 1. The van der Waals surface area contributed by atoms with Gasteiger partial charge in [-0.2, -0.15) is 5.10 Å². The van der Waals surface area contributed by atoms with Crippen LogP contribution in [0.3, 0.4) is 0 Å². The van der Waals surface area contributed by atoms with Crippen LogP contribution in [0.2, 0.25) is 0 Å². The molecule has 1 N–H and O–H groups in total. The molecule has 0 bridgehead atoms. The summed E-state index contributed by atoms with van der Waals surface area (Å²) in [5.74, 6) is -0.175. The van der Waals surface area contributed by atoms with E-state index in [0.29, 0.717) is 0 Å². The molecule has 1 heterocycles. The van der Waals surface area contributed by atoms with E-state index >= 15 is 0 Å². The molecular weight excluding hydrogens is 186 g/mol. The Bertz CT molecular complexity index is 343. The summed E-state index contributed by atoms with van der Waals surface area (Å²) in [5, 5.41) is 6.77. The van der Waals surface area contributed by atoms with Gasteiger partial charge in [-0.25, -0.2) is 10.4 Å². The van der Waals surface area contributed by atoms with Gasteiger partial charge in [-0.3, -0.25) is 4.79 Å². The summed E-state index contributed by atoms with van der Waals surface area (Å²) in [5.41, 5.74) is 3.90. The van der Waals surface area contributed by atoms with Crippen LogP contribution in [0.1, 0.15) is 24.5 Å². The number of hydrogen-bond acceptors (Lipinski definition) is 4. The number of nitrogens with zero attached hydrogens (tertiary/aromatic N) is 2. The zero-order valence-corrected chi connectivity index (χ0v) is 8.60. The number of aryl methyl sites for hydroxylation is 1. The maximum atomic E-state index is 10.5. The van der Waals surface area contributed by atoms with Crippen LogP contribution < -0.4 is 5.43 Å². The van der Waals surface area contributed by atoms with E-state index in [2.05, 4.69) is 15.5 Å². The van der Waals surface area contributed by atoms with E-state index < -0.39 is 0 Å². The Morgan fingerprint density at radius 3 is 2.77 bits per heavy atom. The number of thiazole rings is 1. The molecule has 0 atom stereocenters. The van der Waals surface area contributed by atoms with E-state index in [9.17, 15) is 4.79 Å². The molecule has 1 rings (SSSR count). The van der Waals surface area contributed by atoms with Crippen molar-refractivity contribution in [2.45, 2.75) is 20.8 Å². The third-order valence-corrected chi connectivity index (χ3v) is 2.14. The second kappa shape index (κ2) is 4.13. The molecule has 0 saturated heterocycles. The van der Waals surface area contributed by atoms with Crippen molar-refractivity contribution in [3.8, 4) is 0 Å². The molecule has 0 radical (unpaired) electrons. The van der Waals surface area contributed by atoms with Crippen molar-refractivity contribution in [3.05, 3.63) is 16.1 Å². The first kappa shape index (κ1) is 9.85. The molecule has 4 nitrogen and oxygen atoms in total. The first-order chi connectivity index (χ1) is 6.09. The Morgan fingerprint density at radius 1 is 1.62 bits per heavy atom. The van der Waals surface area contributed by atoms with Crippen LogP contribution in [0.25, 0.3) is 0 Å². The first-order valence-corrected chi connectivity index (χ1v) is 4.71. The highest BCUT2D eigenvalue weighted by atomic mass is 32.1. The number of hydrogen-bond donors (Lipinski definition) is 1. The summed E-state index contributed by atoms with van der Waals surface area (Å²) in [6.45, 7) is 5.16. The Kier molecular flexibility index (Phi) is 3.13. The van der Waals surface area contributed by atoms with Gasteiger partial charge in [0.1, 0.15) is 0 Å². The van der Waals surface area contributed by atoms with Gasteiger partial charge in [0.2, 0.25) is 5.91 Å². The second-order valence-corrected chi connectivity index (χ2v) is 3.68. The Balaban J connectivity index is 2.72. The molecule has 1 aromatic heterocycles. The van der Waals surface area contributed by atoms with Crippen molar-refractivity contribution in [1.82, 2.24) is 10.4 Å². The molecule has 0 aliphatic rings. The average molecular weight is 197 g/mol. The summed E-state index contributed by atoms with van der Waals surface area (Å²) in [4.78, 5) is 14.8. The van der Waals surface area contributed by atoms with Gasteiger partial charge in [0, 0.05) is 12.3 Å². The summed E-state index contributed by atoms with van der Waals surface area (Å²) in [7, 11) is 0. The minimum atomic E-state index is -0.175. The topological polar surface area (TPSA) is 54.4 Å². The van der Waals surface area contributed by atoms with Crippen molar-refractivity contribution in [2.75, 3.05) is 0 Å². The lowest BCUT2D eigenvalue weighted by atomic mass is 10.3. The van der Waals surface area contributed by atoms with Gasteiger partial charge in [0.15, 0.2) is 0 Å². The van der Waals surface area contributed by atoms with Crippen molar-refractivity contribution in [1.29, 1.82) is 0 Å². The summed E-state index contributed by atoms with van der Waals surface area (Å²) in [6, 6.07) is 0. The molecule has 0 unspecified atom stereocenters. The fourth-order valence-electron chi connectivity index (χ4n) is 0.749. The van der Waals surface area contributed by atoms with Gasteiger partial charge in [-0.1, -0.05) is 0 Å². The second-order valence-electron chi connectivity index (χ2n) is 2.62. The minimum Gasteiger partial charge on any atom is -0.274 e. The molecule has 0 aliphatic heterocycles. The average Bonchev–Trinajstić information content (AvgIpc) is 2.47. The SMILES string of the molecule is CC(=O)N/N=C(\C)c1csc(C)n1. The van der Waals surface area contributed by atoms with Gasteiger partial charge in [-0.05, 0) is 13.8 Å². The van der Waals surface area contributed by atoms with Crippen LogP contribution in [0, 0.1) is 6.92 Å². The number of nitrogens with one attached hydrogen (secondary N) is 1. The predicted octanol–water partition coefficient (Wildman–Crippen LogP) is 1.31. The van der Waals surface area contributed by atoms with Crippen LogP contribution in [-0.4, -0.2) is 16.6 Å². The lowest BCUT2D eigenvalue weighted by molar-refractivity contribution is -0.118. The first-order valence-electron chi connectivity index (χ1n) is 3.83. The molecule has 0 fully saturated rings. The van der Waals surface area contributed by atoms with Crippen molar-refractivity contribution in [3.63, 3.8) is 0 Å². The van der Waals surface area contributed by atoms with Crippen molar-refractivity contribution in [2.24, 2.45) is 5.10 Å². The number of carbonyl (C=O) groups excluding carboxylic acids is 1. The fraction of sp³-hybridized carbons (Fsp3) is 0.375. The third kappa shape index (κ3) is 2.95. The zero-order chi connectivity index (χ0) is 9.84. The van der Waals surface area contributed by atoms with E-state index in [1.54, 1.807) is 11.3 Å². The molecule has 70 valence electrons. The largest absolute Gasteiger partial charge is 0.274 e. The van der Waals surface area contributed by atoms with E-state index in [4.69, 9.17) is 0 Å². The summed E-state index contributed by atoms with van der Waals surface area (Å²) >= 11 is 1.56. The fourth-order valence-corrected chi connectivity index (χ4v) is 1.41. The molecular formula is C8H11N3OS. The van der Waals surface area contributed by atoms with E-state index in [-0.39, 0.29) is 5.91 Å². The molecule has 0 aromatic carbocycles. The molecule has 0 saturated carbocycles. The molecule has 0 spiro atoms. The van der Waals surface area contributed by atoms with E-state index in [1.165, 1.54) is 6.92 Å². The van der Waals surface area contributed by atoms with Crippen LogP contribution in [-0.2, 0) is 4.79 Å². The quantitative estimate of drug-likeness (QED) is 0.574. The summed E-state index contributed by atoms with van der Waals surface area (Å²) in [6.07, 6.45) is 0. The van der Waals surface area contributed by atoms with Gasteiger partial charge in [-0.15, -0.1) is 11.3 Å². The predicted molar refractivity (Wildman–Crippen MR) is 52.9 cm³/mol. The smallest absolute Gasteiger partial charge is 0.236 e. The molecule has 5 heteroatoms. The van der Waals surface area contributed by atoms with Crippen LogP contribution in [0.5, 0.6) is 0 Å². The third-order valence-electron chi connectivity index (χ3n) is 1.37. The number of amides is 1. The molecule has 13 heavy (non-hydrogen) atoms. The van der Waals surface area contributed by atoms with Gasteiger partial charge < -0.3 is 0 Å². The van der Waals surface area contributed by atoms with E-state index in [0.717, 1.165) is 16.4 Å². The van der Waals surface area contributed by atoms with Gasteiger partial charge >= 0.3 is 0 Å². The molecule has 1 aromatic rings. The van der Waals surface area contributed by atoms with Crippen LogP contribution in [0.15, 0.2) is 10.5 Å². The Labute approximate surface area is 80.7 Å². The van der Waals surface area contributed by atoms with Crippen LogP contribution in [0.4, 0.5) is 0 Å². The lowest BCUT2D eigenvalue weighted by Gasteiger charge is -1.95.